The van der Waals surface area contributed by atoms with Crippen LogP contribution in [0.15, 0.2) is 24.5 Å². The SMILES string of the molecule is O=C(C1CC(F)(F)CN1)N1CCCN(Cc2cn3cc(Cl)ccc3n2)CC1. The number of halogens is 3. The highest BCUT2D eigenvalue weighted by atomic mass is 35.5. The molecule has 9 heteroatoms. The van der Waals surface area contributed by atoms with Gasteiger partial charge >= 0.3 is 0 Å². The number of imidazole rings is 1. The predicted molar refractivity (Wildman–Crippen MR) is 98.0 cm³/mol. The number of hydrogen-bond acceptors (Lipinski definition) is 4. The minimum absolute atomic E-state index is 0.212. The highest BCUT2D eigenvalue weighted by Gasteiger charge is 2.43. The molecule has 146 valence electrons. The maximum absolute atomic E-state index is 13.4. The van der Waals surface area contributed by atoms with Crippen molar-refractivity contribution in [1.29, 1.82) is 0 Å². The number of pyridine rings is 1. The van der Waals surface area contributed by atoms with Gasteiger partial charge in [0.05, 0.1) is 23.3 Å². The molecule has 1 amide bonds. The Hall–Kier alpha value is -1.77. The largest absolute Gasteiger partial charge is 0.340 e. The number of nitrogens with zero attached hydrogens (tertiary/aromatic N) is 4. The van der Waals surface area contributed by atoms with Crippen LogP contribution in [0.4, 0.5) is 8.78 Å². The molecule has 2 aromatic rings. The smallest absolute Gasteiger partial charge is 0.262 e. The maximum Gasteiger partial charge on any atom is 0.262 e. The van der Waals surface area contributed by atoms with E-state index in [4.69, 9.17) is 11.6 Å². The Balaban J connectivity index is 1.36. The summed E-state index contributed by atoms with van der Waals surface area (Å²) in [5.41, 5.74) is 1.78. The summed E-state index contributed by atoms with van der Waals surface area (Å²) in [5.74, 6) is -3.00. The molecule has 0 radical (unpaired) electrons. The topological polar surface area (TPSA) is 52.9 Å². The van der Waals surface area contributed by atoms with Gasteiger partial charge in [0, 0.05) is 51.5 Å². The molecule has 2 saturated heterocycles. The third-order valence-electron chi connectivity index (χ3n) is 5.16. The molecular formula is C18H22ClF2N5O. The van der Waals surface area contributed by atoms with Crippen molar-refractivity contribution in [3.8, 4) is 0 Å². The van der Waals surface area contributed by atoms with Gasteiger partial charge in [0.15, 0.2) is 0 Å². The summed E-state index contributed by atoms with van der Waals surface area (Å²) >= 11 is 6.01. The maximum atomic E-state index is 13.4. The molecule has 0 aliphatic carbocycles. The first-order valence-corrected chi connectivity index (χ1v) is 9.53. The summed E-state index contributed by atoms with van der Waals surface area (Å²) in [7, 11) is 0. The van der Waals surface area contributed by atoms with Crippen molar-refractivity contribution in [2.24, 2.45) is 0 Å². The van der Waals surface area contributed by atoms with Gasteiger partial charge < -0.3 is 9.30 Å². The van der Waals surface area contributed by atoms with Crippen LogP contribution in [0.3, 0.4) is 0 Å². The van der Waals surface area contributed by atoms with E-state index in [0.717, 1.165) is 24.3 Å². The number of fused-ring (bicyclic) bond motifs is 1. The van der Waals surface area contributed by atoms with Crippen molar-refractivity contribution in [2.45, 2.75) is 31.4 Å². The van der Waals surface area contributed by atoms with Crippen molar-refractivity contribution < 1.29 is 13.6 Å². The van der Waals surface area contributed by atoms with Crippen molar-refractivity contribution in [2.75, 3.05) is 32.7 Å². The van der Waals surface area contributed by atoms with E-state index in [1.807, 2.05) is 28.9 Å². The van der Waals surface area contributed by atoms with Crippen molar-refractivity contribution in [3.05, 3.63) is 35.2 Å². The molecular weight excluding hydrogens is 376 g/mol. The van der Waals surface area contributed by atoms with Gasteiger partial charge in [0.25, 0.3) is 5.92 Å². The fourth-order valence-electron chi connectivity index (χ4n) is 3.78. The van der Waals surface area contributed by atoms with E-state index >= 15 is 0 Å². The van der Waals surface area contributed by atoms with Crippen LogP contribution in [0.2, 0.25) is 5.02 Å². The molecule has 0 aromatic carbocycles. The van der Waals surface area contributed by atoms with Crippen LogP contribution in [0, 0.1) is 0 Å². The minimum atomic E-state index is -2.79. The number of rotatable bonds is 3. The van der Waals surface area contributed by atoms with Gasteiger partial charge in [-0.3, -0.25) is 15.0 Å². The van der Waals surface area contributed by atoms with E-state index in [9.17, 15) is 13.6 Å². The first-order valence-electron chi connectivity index (χ1n) is 9.15. The standard InChI is InChI=1S/C18H22ClF2N5O/c19-13-2-3-16-23-14(11-26(16)9-13)10-24-4-1-5-25(7-6-24)17(27)15-8-18(20,21)12-22-15/h2-3,9,11,15,22H,1,4-8,10,12H2. The van der Waals surface area contributed by atoms with Gasteiger partial charge in [0.2, 0.25) is 5.91 Å². The quantitative estimate of drug-likeness (QED) is 0.861. The molecule has 0 spiro atoms. The number of aromatic nitrogens is 2. The summed E-state index contributed by atoms with van der Waals surface area (Å²) < 4.78 is 28.6. The van der Waals surface area contributed by atoms with Crippen LogP contribution in [0.5, 0.6) is 0 Å². The molecule has 0 bridgehead atoms. The Morgan fingerprint density at radius 3 is 2.89 bits per heavy atom. The molecule has 0 saturated carbocycles. The van der Waals surface area contributed by atoms with Crippen LogP contribution in [-0.2, 0) is 11.3 Å². The molecule has 2 aliphatic heterocycles. The number of amides is 1. The highest BCUT2D eigenvalue weighted by Crippen LogP contribution is 2.26. The average Bonchev–Trinajstić information content (AvgIpc) is 3.09. The molecule has 27 heavy (non-hydrogen) atoms. The second-order valence-corrected chi connectivity index (χ2v) is 7.73. The summed E-state index contributed by atoms with van der Waals surface area (Å²) in [6.07, 6.45) is 4.18. The Labute approximate surface area is 161 Å². The van der Waals surface area contributed by atoms with Gasteiger partial charge in [-0.2, -0.15) is 0 Å². The van der Waals surface area contributed by atoms with E-state index in [2.05, 4.69) is 15.2 Å². The van der Waals surface area contributed by atoms with Crippen LogP contribution in [-0.4, -0.2) is 69.8 Å². The minimum Gasteiger partial charge on any atom is -0.340 e. The summed E-state index contributed by atoms with van der Waals surface area (Å²) in [5, 5.41) is 3.31. The first kappa shape index (κ1) is 18.6. The number of carbonyl (C=O) groups excluding carboxylic acids is 1. The monoisotopic (exact) mass is 397 g/mol. The Morgan fingerprint density at radius 1 is 1.26 bits per heavy atom. The average molecular weight is 398 g/mol. The van der Waals surface area contributed by atoms with Gasteiger partial charge in [-0.1, -0.05) is 11.6 Å². The van der Waals surface area contributed by atoms with Gasteiger partial charge in [-0.25, -0.2) is 13.8 Å². The van der Waals surface area contributed by atoms with Crippen LogP contribution >= 0.6 is 11.6 Å². The molecule has 2 aromatic heterocycles. The lowest BCUT2D eigenvalue weighted by Crippen LogP contribution is -2.45. The van der Waals surface area contributed by atoms with E-state index in [-0.39, 0.29) is 5.91 Å². The van der Waals surface area contributed by atoms with Crippen LogP contribution < -0.4 is 5.32 Å². The van der Waals surface area contributed by atoms with E-state index in [0.29, 0.717) is 31.2 Å². The zero-order chi connectivity index (χ0) is 19.0. The lowest BCUT2D eigenvalue weighted by atomic mass is 10.1. The Bertz CT molecular complexity index is 842. The summed E-state index contributed by atoms with van der Waals surface area (Å²) in [6.45, 7) is 2.94. The first-order chi connectivity index (χ1) is 12.9. The second-order valence-electron chi connectivity index (χ2n) is 7.29. The number of alkyl halides is 2. The molecule has 6 nitrogen and oxygen atoms in total. The fraction of sp³-hybridized carbons (Fsp3) is 0.556. The molecule has 1 atom stereocenters. The highest BCUT2D eigenvalue weighted by molar-refractivity contribution is 6.30. The fourth-order valence-corrected chi connectivity index (χ4v) is 3.95. The second kappa shape index (κ2) is 7.33. The predicted octanol–water partition coefficient (Wildman–Crippen LogP) is 2.02. The molecule has 1 N–H and O–H groups in total. The zero-order valence-electron chi connectivity index (χ0n) is 14.9. The molecule has 1 unspecified atom stereocenters. The summed E-state index contributed by atoms with van der Waals surface area (Å²) in [6, 6.07) is 2.91. The molecule has 4 rings (SSSR count). The van der Waals surface area contributed by atoms with Crippen LogP contribution in [0.1, 0.15) is 18.5 Å². The lowest BCUT2D eigenvalue weighted by molar-refractivity contribution is -0.133. The third-order valence-corrected chi connectivity index (χ3v) is 5.38. The van der Waals surface area contributed by atoms with Crippen LogP contribution in [0.25, 0.3) is 5.65 Å². The number of hydrogen-bond donors (Lipinski definition) is 1. The van der Waals surface area contributed by atoms with Crippen molar-refractivity contribution >= 4 is 23.2 Å². The van der Waals surface area contributed by atoms with Crippen molar-refractivity contribution in [1.82, 2.24) is 24.5 Å². The number of carbonyl (C=O) groups is 1. The van der Waals surface area contributed by atoms with Gasteiger partial charge in [-0.15, -0.1) is 0 Å². The lowest BCUT2D eigenvalue weighted by Gasteiger charge is -2.24. The Morgan fingerprint density at radius 2 is 2.11 bits per heavy atom. The Kier molecular flexibility index (Phi) is 5.05. The molecule has 2 aliphatic rings. The van der Waals surface area contributed by atoms with Gasteiger partial charge in [-0.05, 0) is 18.6 Å². The number of nitrogens with one attached hydrogen (secondary N) is 1. The van der Waals surface area contributed by atoms with E-state index in [1.165, 1.54) is 0 Å². The summed E-state index contributed by atoms with van der Waals surface area (Å²) in [4.78, 5) is 21.1. The molecule has 2 fully saturated rings. The molecule has 4 heterocycles. The van der Waals surface area contributed by atoms with Gasteiger partial charge in [0.1, 0.15) is 5.65 Å². The zero-order valence-corrected chi connectivity index (χ0v) is 15.6. The van der Waals surface area contributed by atoms with Crippen molar-refractivity contribution in [3.63, 3.8) is 0 Å². The van der Waals surface area contributed by atoms with E-state index in [1.54, 1.807) is 4.90 Å². The normalized spacial score (nSPS) is 23.7. The van der Waals surface area contributed by atoms with E-state index < -0.39 is 24.9 Å². The third kappa shape index (κ3) is 4.23.